The van der Waals surface area contributed by atoms with Crippen molar-refractivity contribution < 1.29 is 4.74 Å². The van der Waals surface area contributed by atoms with Crippen LogP contribution in [0.2, 0.25) is 0 Å². The minimum atomic E-state index is 0.429. The number of benzene rings is 3. The smallest absolute Gasteiger partial charge is 0.180 e. The maximum Gasteiger partial charge on any atom is 0.180 e. The highest BCUT2D eigenvalue weighted by molar-refractivity contribution is 8.13. The lowest BCUT2D eigenvalue weighted by molar-refractivity contribution is 0.306. The van der Waals surface area contributed by atoms with Crippen LogP contribution >= 0.6 is 11.8 Å². The van der Waals surface area contributed by atoms with Crippen molar-refractivity contribution in [1.82, 2.24) is 0 Å². The number of nitrogens with two attached hydrogens (primary N) is 1. The van der Waals surface area contributed by atoms with Gasteiger partial charge in [-0.1, -0.05) is 84.1 Å². The Kier molecular flexibility index (Phi) is 7.27. The fraction of sp³-hybridized carbons (Fsp3) is 0.130. The Bertz CT molecular complexity index is 938. The standard InChI is InChI=1S/C23H23N3OS/c1-18-11-13-19(14-12-18)16-27-22-10-6-5-9-21(22)15-25-26-23(24)28-17-20-7-3-2-4-8-20/h2-15H,16-17H2,1H3,(H2,24,26). The second-order valence-electron chi connectivity index (χ2n) is 6.27. The average Bonchev–Trinajstić information content (AvgIpc) is 2.73. The number of nitrogens with zero attached hydrogens (tertiary/aromatic N) is 2. The van der Waals surface area contributed by atoms with Gasteiger partial charge >= 0.3 is 0 Å². The third-order valence-corrected chi connectivity index (χ3v) is 4.87. The third kappa shape index (κ3) is 6.28. The summed E-state index contributed by atoms with van der Waals surface area (Å²) in [7, 11) is 0. The minimum absolute atomic E-state index is 0.429. The molecule has 0 saturated heterocycles. The van der Waals surface area contributed by atoms with E-state index in [0.29, 0.717) is 11.8 Å². The Labute approximate surface area is 170 Å². The molecule has 3 rings (SSSR count). The highest BCUT2D eigenvalue weighted by atomic mass is 32.2. The molecule has 0 radical (unpaired) electrons. The SMILES string of the molecule is Cc1ccc(COc2ccccc2C=NN=C(N)SCc2ccccc2)cc1. The summed E-state index contributed by atoms with van der Waals surface area (Å²) in [5.74, 6) is 1.53. The highest BCUT2D eigenvalue weighted by Crippen LogP contribution is 2.18. The van der Waals surface area contributed by atoms with Crippen molar-refractivity contribution in [3.8, 4) is 5.75 Å². The molecular weight excluding hydrogens is 366 g/mol. The lowest BCUT2D eigenvalue weighted by atomic mass is 10.1. The van der Waals surface area contributed by atoms with Crippen LogP contribution in [0, 0.1) is 6.92 Å². The van der Waals surface area contributed by atoms with Gasteiger partial charge < -0.3 is 10.5 Å². The van der Waals surface area contributed by atoms with Crippen molar-refractivity contribution in [3.05, 3.63) is 101 Å². The van der Waals surface area contributed by atoms with Crippen LogP contribution in [0.4, 0.5) is 0 Å². The van der Waals surface area contributed by atoms with Crippen LogP contribution in [0.1, 0.15) is 22.3 Å². The van der Waals surface area contributed by atoms with Crippen molar-refractivity contribution in [1.29, 1.82) is 0 Å². The van der Waals surface area contributed by atoms with E-state index in [-0.39, 0.29) is 0 Å². The fourth-order valence-electron chi connectivity index (χ4n) is 2.47. The largest absolute Gasteiger partial charge is 0.488 e. The van der Waals surface area contributed by atoms with E-state index in [0.717, 1.165) is 22.6 Å². The van der Waals surface area contributed by atoms with Gasteiger partial charge in [0, 0.05) is 11.3 Å². The van der Waals surface area contributed by atoms with E-state index in [1.54, 1.807) is 6.21 Å². The Morgan fingerprint density at radius 1 is 0.929 bits per heavy atom. The number of hydrogen-bond acceptors (Lipinski definition) is 4. The number of hydrogen-bond donors (Lipinski definition) is 1. The van der Waals surface area contributed by atoms with E-state index in [2.05, 4.69) is 53.5 Å². The molecule has 0 fully saturated rings. The van der Waals surface area contributed by atoms with Gasteiger partial charge in [-0.3, -0.25) is 0 Å². The zero-order chi connectivity index (χ0) is 19.6. The molecule has 3 aromatic carbocycles. The van der Waals surface area contributed by atoms with Crippen molar-refractivity contribution in [2.45, 2.75) is 19.3 Å². The van der Waals surface area contributed by atoms with E-state index >= 15 is 0 Å². The molecule has 2 N–H and O–H groups in total. The Morgan fingerprint density at radius 2 is 1.64 bits per heavy atom. The highest BCUT2D eigenvalue weighted by Gasteiger charge is 2.02. The molecule has 142 valence electrons. The summed E-state index contributed by atoms with van der Waals surface area (Å²) in [5.41, 5.74) is 10.4. The monoisotopic (exact) mass is 389 g/mol. The topological polar surface area (TPSA) is 60.0 Å². The number of ether oxygens (including phenoxy) is 1. The Balaban J connectivity index is 1.58. The first kappa shape index (κ1) is 19.7. The molecule has 4 nitrogen and oxygen atoms in total. The first-order valence-electron chi connectivity index (χ1n) is 9.01. The normalized spacial score (nSPS) is 11.7. The third-order valence-electron chi connectivity index (χ3n) is 4.02. The van der Waals surface area contributed by atoms with E-state index in [4.69, 9.17) is 10.5 Å². The molecule has 5 heteroatoms. The van der Waals surface area contributed by atoms with Crippen molar-refractivity contribution in [3.63, 3.8) is 0 Å². The summed E-state index contributed by atoms with van der Waals surface area (Å²) in [6.07, 6.45) is 1.67. The van der Waals surface area contributed by atoms with E-state index in [9.17, 15) is 0 Å². The second-order valence-corrected chi connectivity index (χ2v) is 7.26. The quantitative estimate of drug-likeness (QED) is 0.345. The molecule has 0 saturated carbocycles. The molecule has 0 aliphatic rings. The first-order chi connectivity index (χ1) is 13.7. The Hall–Kier alpha value is -3.05. The molecule has 0 heterocycles. The summed E-state index contributed by atoms with van der Waals surface area (Å²) in [5, 5.41) is 8.62. The number of thioether (sulfide) groups is 1. The second kappa shape index (κ2) is 10.3. The molecule has 0 amide bonds. The summed E-state index contributed by atoms with van der Waals surface area (Å²) in [6, 6.07) is 26.2. The lowest BCUT2D eigenvalue weighted by Gasteiger charge is -2.09. The summed E-state index contributed by atoms with van der Waals surface area (Å²) in [4.78, 5) is 0. The number of para-hydroxylation sites is 1. The first-order valence-corrected chi connectivity index (χ1v) is 10.00. The number of aryl methyl sites for hydroxylation is 1. The van der Waals surface area contributed by atoms with Gasteiger partial charge in [0.05, 0.1) is 6.21 Å². The molecule has 0 unspecified atom stereocenters. The van der Waals surface area contributed by atoms with Crippen LogP contribution < -0.4 is 10.5 Å². The van der Waals surface area contributed by atoms with Gasteiger partial charge in [0.25, 0.3) is 0 Å². The molecule has 3 aromatic rings. The predicted octanol–water partition coefficient (Wildman–Crippen LogP) is 5.16. The van der Waals surface area contributed by atoms with Gasteiger partial charge in [-0.15, -0.1) is 5.10 Å². The van der Waals surface area contributed by atoms with Crippen LogP contribution in [0.5, 0.6) is 5.75 Å². The minimum Gasteiger partial charge on any atom is -0.488 e. The Morgan fingerprint density at radius 3 is 2.43 bits per heavy atom. The zero-order valence-electron chi connectivity index (χ0n) is 15.8. The molecule has 0 atom stereocenters. The number of rotatable bonds is 7. The van der Waals surface area contributed by atoms with Crippen molar-refractivity contribution in [2.24, 2.45) is 15.9 Å². The molecule has 0 aliphatic heterocycles. The predicted molar refractivity (Wildman–Crippen MR) is 119 cm³/mol. The molecule has 0 aromatic heterocycles. The average molecular weight is 390 g/mol. The maximum atomic E-state index is 5.95. The van der Waals surface area contributed by atoms with Gasteiger partial charge in [0.15, 0.2) is 5.17 Å². The molecular formula is C23H23N3OS. The van der Waals surface area contributed by atoms with Crippen LogP contribution in [0.15, 0.2) is 89.1 Å². The van der Waals surface area contributed by atoms with E-state index < -0.39 is 0 Å². The van der Waals surface area contributed by atoms with E-state index in [1.165, 1.54) is 22.9 Å². The van der Waals surface area contributed by atoms with E-state index in [1.807, 2.05) is 42.5 Å². The van der Waals surface area contributed by atoms with Crippen LogP contribution in [-0.2, 0) is 12.4 Å². The fourth-order valence-corrected chi connectivity index (χ4v) is 3.08. The van der Waals surface area contributed by atoms with Gasteiger partial charge in [0.2, 0.25) is 0 Å². The van der Waals surface area contributed by atoms with Crippen molar-refractivity contribution >= 4 is 23.1 Å². The van der Waals surface area contributed by atoms with Crippen LogP contribution in [-0.4, -0.2) is 11.4 Å². The molecule has 0 bridgehead atoms. The zero-order valence-corrected chi connectivity index (χ0v) is 16.6. The van der Waals surface area contributed by atoms with Gasteiger partial charge in [-0.25, -0.2) is 0 Å². The summed E-state index contributed by atoms with van der Waals surface area (Å²) in [6.45, 7) is 2.57. The molecule has 0 spiro atoms. The lowest BCUT2D eigenvalue weighted by Crippen LogP contribution is -2.06. The summed E-state index contributed by atoms with van der Waals surface area (Å²) < 4.78 is 5.95. The maximum absolute atomic E-state index is 5.95. The molecule has 28 heavy (non-hydrogen) atoms. The van der Waals surface area contributed by atoms with Gasteiger partial charge in [-0.05, 0) is 30.2 Å². The number of amidine groups is 1. The summed E-state index contributed by atoms with van der Waals surface area (Å²) >= 11 is 1.46. The molecule has 0 aliphatic carbocycles. The van der Waals surface area contributed by atoms with Gasteiger partial charge in [0.1, 0.15) is 12.4 Å². The van der Waals surface area contributed by atoms with Crippen LogP contribution in [0.25, 0.3) is 0 Å². The van der Waals surface area contributed by atoms with Crippen LogP contribution in [0.3, 0.4) is 0 Å². The van der Waals surface area contributed by atoms with Gasteiger partial charge in [-0.2, -0.15) is 5.10 Å². The van der Waals surface area contributed by atoms with Crippen molar-refractivity contribution in [2.75, 3.05) is 0 Å².